The number of halogens is 3. The quantitative estimate of drug-likeness (QED) is 0.748. The third-order valence-corrected chi connectivity index (χ3v) is 3.87. The Morgan fingerprint density at radius 3 is 2.53 bits per heavy atom. The Labute approximate surface area is 102 Å². The Hall–Kier alpha value is -0.250. The number of hydrogen-bond acceptors (Lipinski definition) is 1. The van der Waals surface area contributed by atoms with Crippen LogP contribution in [0, 0.1) is 11.8 Å². The van der Waals surface area contributed by atoms with Gasteiger partial charge in [-0.1, -0.05) is 19.8 Å². The van der Waals surface area contributed by atoms with Gasteiger partial charge in [-0.25, -0.2) is 0 Å². The van der Waals surface area contributed by atoms with Crippen LogP contribution in [-0.2, 0) is 0 Å². The van der Waals surface area contributed by atoms with Gasteiger partial charge < -0.3 is 5.32 Å². The molecule has 1 N–H and O–H groups in total. The van der Waals surface area contributed by atoms with Gasteiger partial charge in [-0.2, -0.15) is 13.2 Å². The summed E-state index contributed by atoms with van der Waals surface area (Å²) in [5, 5.41) is 3.37. The van der Waals surface area contributed by atoms with E-state index < -0.39 is 12.6 Å². The summed E-state index contributed by atoms with van der Waals surface area (Å²) in [6.07, 6.45) is 0.0608. The Morgan fingerprint density at radius 1 is 1.29 bits per heavy atom. The standard InChI is InChI=1S/C13H24F3N/c1-10-5-3-7-12(10)9-17-11(2)6-4-8-13(14,15)16/h10-12,17H,3-9H2,1-2H3. The summed E-state index contributed by atoms with van der Waals surface area (Å²) in [6, 6.07) is 0.199. The Kier molecular flexibility index (Phi) is 5.77. The van der Waals surface area contributed by atoms with E-state index in [9.17, 15) is 13.2 Å². The minimum absolute atomic E-state index is 0.199. The molecule has 3 unspecified atom stereocenters. The summed E-state index contributed by atoms with van der Waals surface area (Å²) < 4.78 is 35.9. The van der Waals surface area contributed by atoms with Gasteiger partial charge in [0.2, 0.25) is 0 Å². The van der Waals surface area contributed by atoms with Crippen molar-refractivity contribution < 1.29 is 13.2 Å². The van der Waals surface area contributed by atoms with Gasteiger partial charge in [-0.3, -0.25) is 0 Å². The zero-order valence-corrected chi connectivity index (χ0v) is 10.8. The molecule has 1 aliphatic carbocycles. The van der Waals surface area contributed by atoms with E-state index in [4.69, 9.17) is 0 Å². The van der Waals surface area contributed by atoms with Crippen molar-refractivity contribution >= 4 is 0 Å². The largest absolute Gasteiger partial charge is 0.389 e. The average molecular weight is 251 g/mol. The third-order valence-electron chi connectivity index (χ3n) is 3.87. The van der Waals surface area contributed by atoms with Crippen molar-refractivity contribution in [1.82, 2.24) is 5.32 Å². The Balaban J connectivity index is 2.07. The highest BCUT2D eigenvalue weighted by Gasteiger charge is 2.27. The van der Waals surface area contributed by atoms with Crippen molar-refractivity contribution in [3.05, 3.63) is 0 Å². The van der Waals surface area contributed by atoms with E-state index in [1.54, 1.807) is 0 Å². The summed E-state index contributed by atoms with van der Waals surface area (Å²) in [5.74, 6) is 1.49. The lowest BCUT2D eigenvalue weighted by molar-refractivity contribution is -0.135. The fourth-order valence-electron chi connectivity index (χ4n) is 2.59. The molecule has 102 valence electrons. The highest BCUT2D eigenvalue weighted by molar-refractivity contribution is 4.77. The molecule has 1 saturated carbocycles. The average Bonchev–Trinajstić information content (AvgIpc) is 2.59. The van der Waals surface area contributed by atoms with Gasteiger partial charge in [0.1, 0.15) is 0 Å². The molecular formula is C13H24F3N. The molecule has 3 atom stereocenters. The maximum absolute atomic E-state index is 12.0. The van der Waals surface area contributed by atoms with Crippen LogP contribution < -0.4 is 5.32 Å². The molecule has 0 saturated heterocycles. The SMILES string of the molecule is CC(CCCC(F)(F)F)NCC1CCCC1C. The van der Waals surface area contributed by atoms with E-state index >= 15 is 0 Å². The smallest absolute Gasteiger partial charge is 0.314 e. The summed E-state index contributed by atoms with van der Waals surface area (Å²) in [6.45, 7) is 5.22. The van der Waals surface area contributed by atoms with Gasteiger partial charge in [-0.05, 0) is 44.6 Å². The first kappa shape index (κ1) is 14.8. The van der Waals surface area contributed by atoms with Crippen molar-refractivity contribution in [2.75, 3.05) is 6.54 Å². The molecule has 1 aliphatic rings. The van der Waals surface area contributed by atoms with Crippen LogP contribution in [-0.4, -0.2) is 18.8 Å². The van der Waals surface area contributed by atoms with E-state index in [0.717, 1.165) is 18.4 Å². The van der Waals surface area contributed by atoms with Crippen LogP contribution in [0.3, 0.4) is 0 Å². The predicted molar refractivity (Wildman–Crippen MR) is 63.9 cm³/mol. The molecule has 0 aromatic carbocycles. The number of rotatable bonds is 6. The Bertz CT molecular complexity index is 215. The summed E-state index contributed by atoms with van der Waals surface area (Å²) >= 11 is 0. The number of nitrogens with one attached hydrogen (secondary N) is 1. The molecular weight excluding hydrogens is 227 g/mol. The molecule has 1 rings (SSSR count). The van der Waals surface area contributed by atoms with Crippen LogP contribution in [0.2, 0.25) is 0 Å². The Morgan fingerprint density at radius 2 is 2.00 bits per heavy atom. The van der Waals surface area contributed by atoms with Gasteiger partial charge in [0.05, 0.1) is 0 Å². The second kappa shape index (κ2) is 6.62. The molecule has 0 heterocycles. The van der Waals surface area contributed by atoms with Crippen LogP contribution in [0.5, 0.6) is 0 Å². The van der Waals surface area contributed by atoms with Crippen molar-refractivity contribution in [3.63, 3.8) is 0 Å². The monoisotopic (exact) mass is 251 g/mol. The first-order valence-electron chi connectivity index (χ1n) is 6.68. The topological polar surface area (TPSA) is 12.0 Å². The third kappa shape index (κ3) is 6.29. The molecule has 0 bridgehead atoms. The van der Waals surface area contributed by atoms with E-state index in [2.05, 4.69) is 12.2 Å². The second-order valence-corrected chi connectivity index (χ2v) is 5.48. The first-order valence-corrected chi connectivity index (χ1v) is 6.68. The van der Waals surface area contributed by atoms with E-state index in [-0.39, 0.29) is 12.5 Å². The van der Waals surface area contributed by atoms with Gasteiger partial charge >= 0.3 is 6.18 Å². The molecule has 1 nitrogen and oxygen atoms in total. The molecule has 17 heavy (non-hydrogen) atoms. The predicted octanol–water partition coefficient (Wildman–Crippen LogP) is 4.13. The highest BCUT2D eigenvalue weighted by atomic mass is 19.4. The second-order valence-electron chi connectivity index (χ2n) is 5.48. The lowest BCUT2D eigenvalue weighted by Crippen LogP contribution is -2.32. The summed E-state index contributed by atoms with van der Waals surface area (Å²) in [7, 11) is 0. The fourth-order valence-corrected chi connectivity index (χ4v) is 2.59. The lowest BCUT2D eigenvalue weighted by Gasteiger charge is -2.20. The lowest BCUT2D eigenvalue weighted by atomic mass is 9.97. The van der Waals surface area contributed by atoms with Crippen LogP contribution >= 0.6 is 0 Å². The van der Waals surface area contributed by atoms with Gasteiger partial charge in [0.15, 0.2) is 0 Å². The molecule has 0 amide bonds. The van der Waals surface area contributed by atoms with Gasteiger partial charge in [0, 0.05) is 12.5 Å². The summed E-state index contributed by atoms with van der Waals surface area (Å²) in [5.41, 5.74) is 0. The molecule has 0 aromatic rings. The molecule has 0 aromatic heterocycles. The first-order chi connectivity index (χ1) is 7.88. The van der Waals surface area contributed by atoms with Crippen LogP contribution in [0.1, 0.15) is 52.4 Å². The zero-order chi connectivity index (χ0) is 12.9. The summed E-state index contributed by atoms with van der Waals surface area (Å²) in [4.78, 5) is 0. The van der Waals surface area contributed by atoms with Crippen molar-refractivity contribution in [1.29, 1.82) is 0 Å². The molecule has 0 spiro atoms. The van der Waals surface area contributed by atoms with Crippen LogP contribution in [0.25, 0.3) is 0 Å². The van der Waals surface area contributed by atoms with Crippen LogP contribution in [0.4, 0.5) is 13.2 Å². The van der Waals surface area contributed by atoms with Crippen molar-refractivity contribution in [2.45, 2.75) is 64.6 Å². The van der Waals surface area contributed by atoms with Crippen LogP contribution in [0.15, 0.2) is 0 Å². The minimum Gasteiger partial charge on any atom is -0.314 e. The molecule has 0 aliphatic heterocycles. The van der Waals surface area contributed by atoms with Gasteiger partial charge in [0.25, 0.3) is 0 Å². The van der Waals surface area contributed by atoms with Crippen molar-refractivity contribution in [3.8, 4) is 0 Å². The molecule has 0 radical (unpaired) electrons. The van der Waals surface area contributed by atoms with E-state index in [1.165, 1.54) is 19.3 Å². The van der Waals surface area contributed by atoms with Crippen molar-refractivity contribution in [2.24, 2.45) is 11.8 Å². The van der Waals surface area contributed by atoms with Gasteiger partial charge in [-0.15, -0.1) is 0 Å². The highest BCUT2D eigenvalue weighted by Crippen LogP contribution is 2.30. The normalized spacial score (nSPS) is 27.4. The fraction of sp³-hybridized carbons (Fsp3) is 1.00. The number of alkyl halides is 3. The van der Waals surface area contributed by atoms with E-state index in [0.29, 0.717) is 6.42 Å². The molecule has 1 fully saturated rings. The molecule has 4 heteroatoms. The maximum atomic E-state index is 12.0. The maximum Gasteiger partial charge on any atom is 0.389 e. The minimum atomic E-state index is -4.00. The zero-order valence-electron chi connectivity index (χ0n) is 10.8. The van der Waals surface area contributed by atoms with E-state index in [1.807, 2.05) is 6.92 Å². The number of hydrogen-bond donors (Lipinski definition) is 1.